The van der Waals surface area contributed by atoms with Crippen molar-refractivity contribution in [3.05, 3.63) is 90.1 Å². The van der Waals surface area contributed by atoms with Crippen LogP contribution in [0.2, 0.25) is 0 Å². The molecule has 0 fully saturated rings. The minimum Gasteiger partial charge on any atom is -0.392 e. The van der Waals surface area contributed by atoms with E-state index in [2.05, 4.69) is 4.98 Å². The first-order chi connectivity index (χ1) is 14.9. The summed E-state index contributed by atoms with van der Waals surface area (Å²) in [6.07, 6.45) is 3.45. The molecule has 4 aromatic rings. The van der Waals surface area contributed by atoms with E-state index in [9.17, 15) is 13.5 Å². The van der Waals surface area contributed by atoms with Crippen LogP contribution in [0.15, 0.2) is 79.0 Å². The molecule has 0 amide bonds. The van der Waals surface area contributed by atoms with E-state index >= 15 is 0 Å². The largest absolute Gasteiger partial charge is 0.392 e. The van der Waals surface area contributed by atoms with Crippen LogP contribution in [0.3, 0.4) is 0 Å². The molecule has 31 heavy (non-hydrogen) atoms. The van der Waals surface area contributed by atoms with Crippen LogP contribution in [0.5, 0.6) is 0 Å². The molecule has 0 bridgehead atoms. The second kappa shape index (κ2) is 8.61. The van der Waals surface area contributed by atoms with Crippen molar-refractivity contribution in [3.8, 4) is 22.3 Å². The van der Waals surface area contributed by atoms with Crippen molar-refractivity contribution in [1.82, 2.24) is 4.98 Å². The molecule has 1 aromatic heterocycles. The summed E-state index contributed by atoms with van der Waals surface area (Å²) in [5, 5.41) is 10.8. The van der Waals surface area contributed by atoms with E-state index in [0.717, 1.165) is 44.3 Å². The maximum atomic E-state index is 12.0. The summed E-state index contributed by atoms with van der Waals surface area (Å²) in [6.45, 7) is 1.62. The highest BCUT2D eigenvalue weighted by atomic mass is 32.2. The number of aliphatic hydroxyl groups is 1. The summed E-state index contributed by atoms with van der Waals surface area (Å²) in [6, 6.07) is 23.9. The van der Waals surface area contributed by atoms with Gasteiger partial charge in [-0.3, -0.25) is 4.98 Å². The number of hydrogen-bond acceptors (Lipinski definition) is 4. The Hall–Kier alpha value is -3.02. The third-order valence-corrected chi connectivity index (χ3v) is 7.36. The van der Waals surface area contributed by atoms with Crippen LogP contribution < -0.4 is 0 Å². The number of rotatable bonds is 6. The molecule has 5 heteroatoms. The van der Waals surface area contributed by atoms with Gasteiger partial charge in [0.25, 0.3) is 0 Å². The van der Waals surface area contributed by atoms with E-state index in [1.165, 1.54) is 6.26 Å². The predicted octanol–water partition coefficient (Wildman–Crippen LogP) is 5.04. The van der Waals surface area contributed by atoms with Crippen molar-refractivity contribution >= 4 is 20.7 Å². The van der Waals surface area contributed by atoms with Gasteiger partial charge in [-0.25, -0.2) is 8.42 Å². The molecule has 0 aliphatic carbocycles. The molecule has 3 aromatic carbocycles. The molecule has 0 spiro atoms. The molecule has 0 radical (unpaired) electrons. The third-order valence-electron chi connectivity index (χ3n) is 5.73. The Morgan fingerprint density at radius 2 is 1.65 bits per heavy atom. The molecule has 0 saturated carbocycles. The van der Waals surface area contributed by atoms with Crippen LogP contribution in [0.25, 0.3) is 33.2 Å². The summed E-state index contributed by atoms with van der Waals surface area (Å²) in [4.78, 5) is 4.60. The second-order valence-corrected chi connectivity index (χ2v) is 10.4. The average molecular weight is 432 g/mol. The smallest absolute Gasteiger partial charge is 0.150 e. The van der Waals surface area contributed by atoms with Crippen LogP contribution in [0.1, 0.15) is 18.1 Å². The van der Waals surface area contributed by atoms with Crippen LogP contribution in [0, 0.1) is 0 Å². The van der Waals surface area contributed by atoms with Gasteiger partial charge in [0.2, 0.25) is 0 Å². The molecule has 0 saturated heterocycles. The monoisotopic (exact) mass is 431 g/mol. The van der Waals surface area contributed by atoms with Crippen LogP contribution in [0.4, 0.5) is 0 Å². The molecular weight excluding hydrogens is 406 g/mol. The Labute approximate surface area is 183 Å². The lowest BCUT2D eigenvalue weighted by Crippen LogP contribution is -2.18. The highest BCUT2D eigenvalue weighted by Crippen LogP contribution is 2.36. The fourth-order valence-corrected chi connectivity index (χ4v) is 4.45. The summed E-state index contributed by atoms with van der Waals surface area (Å²) < 4.78 is 24.0. The molecule has 1 heterocycles. The van der Waals surface area contributed by atoms with Crippen LogP contribution in [-0.2, 0) is 22.9 Å². The van der Waals surface area contributed by atoms with Gasteiger partial charge in [0, 0.05) is 23.4 Å². The summed E-state index contributed by atoms with van der Waals surface area (Å²) in [7, 11) is -3.14. The molecule has 1 N–H and O–H groups in total. The number of sulfone groups is 1. The van der Waals surface area contributed by atoms with Gasteiger partial charge < -0.3 is 5.11 Å². The first-order valence-corrected chi connectivity index (χ1v) is 12.2. The fraction of sp³-hybridized carbons (Fsp3) is 0.192. The van der Waals surface area contributed by atoms with E-state index < -0.39 is 15.1 Å². The van der Waals surface area contributed by atoms with E-state index in [4.69, 9.17) is 0 Å². The number of fused-ring (bicyclic) bond motifs is 1. The lowest BCUT2D eigenvalue weighted by Gasteiger charge is -2.17. The fourth-order valence-electron chi connectivity index (χ4n) is 3.96. The molecular formula is C26H25NO3S. The highest BCUT2D eigenvalue weighted by Gasteiger charge is 2.19. The predicted molar refractivity (Wildman–Crippen MR) is 127 cm³/mol. The topological polar surface area (TPSA) is 67.3 Å². The van der Waals surface area contributed by atoms with Crippen molar-refractivity contribution < 1.29 is 13.5 Å². The molecule has 0 aliphatic heterocycles. The standard InChI is InChI=1S/C26H25NO3S/c1-18(31(2,29)30)14-19-15-21-10-7-13-27-26(21)24(16-19)23-12-6-11-22(25(23)17-28)20-8-4-3-5-9-20/h3-13,15-16,18,28H,14,17H2,1-2H3. The Morgan fingerprint density at radius 1 is 0.903 bits per heavy atom. The highest BCUT2D eigenvalue weighted by molar-refractivity contribution is 7.91. The van der Waals surface area contributed by atoms with Gasteiger partial charge >= 0.3 is 0 Å². The quantitative estimate of drug-likeness (QED) is 0.465. The van der Waals surface area contributed by atoms with Gasteiger partial charge in [-0.2, -0.15) is 0 Å². The number of aromatic nitrogens is 1. The van der Waals surface area contributed by atoms with Gasteiger partial charge in [-0.15, -0.1) is 0 Å². The summed E-state index contributed by atoms with van der Waals surface area (Å²) in [5.74, 6) is 0. The van der Waals surface area contributed by atoms with E-state index in [1.54, 1.807) is 13.1 Å². The van der Waals surface area contributed by atoms with Crippen molar-refractivity contribution in [2.45, 2.75) is 25.2 Å². The number of pyridine rings is 1. The normalized spacial score (nSPS) is 12.7. The number of nitrogens with zero attached hydrogens (tertiary/aromatic N) is 1. The van der Waals surface area contributed by atoms with Crippen molar-refractivity contribution in [1.29, 1.82) is 0 Å². The molecule has 4 nitrogen and oxygen atoms in total. The Kier molecular flexibility index (Phi) is 5.90. The number of aliphatic hydroxyl groups excluding tert-OH is 1. The molecule has 158 valence electrons. The van der Waals surface area contributed by atoms with Gasteiger partial charge in [-0.05, 0) is 59.4 Å². The summed E-state index contributed by atoms with van der Waals surface area (Å²) in [5.41, 5.74) is 6.40. The van der Waals surface area contributed by atoms with E-state index in [0.29, 0.717) is 6.42 Å². The summed E-state index contributed by atoms with van der Waals surface area (Å²) >= 11 is 0. The van der Waals surface area contributed by atoms with Crippen molar-refractivity contribution in [3.63, 3.8) is 0 Å². The maximum absolute atomic E-state index is 12.0. The van der Waals surface area contributed by atoms with Gasteiger partial charge in [0.15, 0.2) is 0 Å². The van der Waals surface area contributed by atoms with Crippen LogP contribution >= 0.6 is 0 Å². The first kappa shape index (κ1) is 21.2. The maximum Gasteiger partial charge on any atom is 0.150 e. The van der Waals surface area contributed by atoms with Gasteiger partial charge in [-0.1, -0.05) is 54.6 Å². The lowest BCUT2D eigenvalue weighted by atomic mass is 9.90. The Morgan fingerprint density at radius 3 is 2.35 bits per heavy atom. The average Bonchev–Trinajstić information content (AvgIpc) is 2.78. The third kappa shape index (κ3) is 4.38. The van der Waals surface area contributed by atoms with E-state index in [1.807, 2.05) is 72.8 Å². The molecule has 1 atom stereocenters. The lowest BCUT2D eigenvalue weighted by molar-refractivity contribution is 0.283. The van der Waals surface area contributed by atoms with Crippen molar-refractivity contribution in [2.75, 3.05) is 6.26 Å². The zero-order chi connectivity index (χ0) is 22.0. The SMILES string of the molecule is CC(Cc1cc(-c2cccc(-c3ccccc3)c2CO)c2ncccc2c1)S(C)(=O)=O. The van der Waals surface area contributed by atoms with Gasteiger partial charge in [0.1, 0.15) is 9.84 Å². The number of hydrogen-bond donors (Lipinski definition) is 1. The van der Waals surface area contributed by atoms with Gasteiger partial charge in [0.05, 0.1) is 17.4 Å². The zero-order valence-electron chi connectivity index (χ0n) is 17.6. The Bertz CT molecular complexity index is 1330. The van der Waals surface area contributed by atoms with Crippen LogP contribution in [-0.4, -0.2) is 30.0 Å². The van der Waals surface area contributed by atoms with Crippen molar-refractivity contribution in [2.24, 2.45) is 0 Å². The zero-order valence-corrected chi connectivity index (χ0v) is 18.4. The number of benzene rings is 3. The first-order valence-electron chi connectivity index (χ1n) is 10.2. The molecule has 4 rings (SSSR count). The van der Waals surface area contributed by atoms with E-state index in [-0.39, 0.29) is 6.61 Å². The minimum absolute atomic E-state index is 0.112. The Balaban J connectivity index is 1.94. The second-order valence-electron chi connectivity index (χ2n) is 7.92. The molecule has 1 unspecified atom stereocenters. The molecule has 0 aliphatic rings. The minimum atomic E-state index is -3.14.